The van der Waals surface area contributed by atoms with Gasteiger partial charge in [-0.3, -0.25) is 4.79 Å². The number of halogens is 1. The van der Waals surface area contributed by atoms with Crippen LogP contribution in [-0.4, -0.2) is 36.4 Å². The molecule has 3 nitrogen and oxygen atoms in total. The maximum Gasteiger partial charge on any atom is 0.233 e. The molecule has 0 saturated heterocycles. The Kier molecular flexibility index (Phi) is 4.12. The highest BCUT2D eigenvalue weighted by atomic mass is 35.5. The molecule has 2 rings (SSSR count). The van der Waals surface area contributed by atoms with Gasteiger partial charge in [-0.25, -0.2) is 0 Å². The van der Waals surface area contributed by atoms with Crippen molar-refractivity contribution in [1.29, 1.82) is 0 Å². The fraction of sp³-hybridized carbons (Fsp3) is 0.500. The van der Waals surface area contributed by atoms with Crippen molar-refractivity contribution < 1.29 is 9.53 Å². The molecule has 1 aromatic rings. The van der Waals surface area contributed by atoms with E-state index in [0.717, 1.165) is 17.7 Å². The molecule has 0 spiro atoms. The van der Waals surface area contributed by atoms with Crippen molar-refractivity contribution in [1.82, 2.24) is 4.90 Å². The zero-order valence-electron chi connectivity index (χ0n) is 10.7. The van der Waals surface area contributed by atoms with Crippen molar-refractivity contribution in [2.75, 3.05) is 20.2 Å². The highest BCUT2D eigenvalue weighted by molar-refractivity contribution is 6.20. The maximum atomic E-state index is 12.3. The molecule has 4 heteroatoms. The third-order valence-corrected chi connectivity index (χ3v) is 3.45. The van der Waals surface area contributed by atoms with Gasteiger partial charge in [-0.2, -0.15) is 0 Å². The van der Waals surface area contributed by atoms with E-state index in [-0.39, 0.29) is 17.2 Å². The first-order valence-corrected chi connectivity index (χ1v) is 6.64. The minimum absolute atomic E-state index is 0.0902. The lowest BCUT2D eigenvalue weighted by molar-refractivity contribution is -0.131. The van der Waals surface area contributed by atoms with Crippen LogP contribution < -0.4 is 4.74 Å². The van der Waals surface area contributed by atoms with E-state index in [4.69, 9.17) is 16.3 Å². The van der Waals surface area contributed by atoms with E-state index < -0.39 is 0 Å². The van der Waals surface area contributed by atoms with Crippen LogP contribution in [0, 0.1) is 0 Å². The number of benzene rings is 1. The lowest BCUT2D eigenvalue weighted by Crippen LogP contribution is -2.33. The van der Waals surface area contributed by atoms with Gasteiger partial charge >= 0.3 is 0 Å². The van der Waals surface area contributed by atoms with Crippen LogP contribution in [0.5, 0.6) is 5.75 Å². The van der Waals surface area contributed by atoms with Crippen LogP contribution in [0.25, 0.3) is 0 Å². The quantitative estimate of drug-likeness (QED) is 0.785. The summed E-state index contributed by atoms with van der Waals surface area (Å²) in [6, 6.07) is 7.73. The van der Waals surface area contributed by atoms with Crippen LogP contribution in [-0.2, 0) is 4.79 Å². The Bertz CT molecular complexity index is 434. The van der Waals surface area contributed by atoms with Crippen molar-refractivity contribution in [2.24, 2.45) is 0 Å². The zero-order chi connectivity index (χ0) is 13.1. The standard InChI is InChI=1S/C14H18ClNO2/c1-10(15)7-8-16(2)14(17)12-9-18-13-6-4-3-5-11(12)13/h3-6,10,12H,7-9H2,1-2H3. The van der Waals surface area contributed by atoms with E-state index in [1.807, 2.05) is 38.2 Å². The number of hydrogen-bond acceptors (Lipinski definition) is 2. The minimum Gasteiger partial charge on any atom is -0.492 e. The Balaban J connectivity index is 2.02. The van der Waals surface area contributed by atoms with Gasteiger partial charge < -0.3 is 9.64 Å². The summed E-state index contributed by atoms with van der Waals surface area (Å²) in [4.78, 5) is 14.1. The van der Waals surface area contributed by atoms with Crippen LogP contribution in [0.2, 0.25) is 0 Å². The number of nitrogens with zero attached hydrogens (tertiary/aromatic N) is 1. The molecular weight excluding hydrogens is 250 g/mol. The average Bonchev–Trinajstić information content (AvgIpc) is 2.78. The minimum atomic E-state index is -0.170. The number of rotatable bonds is 4. The topological polar surface area (TPSA) is 29.5 Å². The molecule has 0 aromatic heterocycles. The molecule has 0 bridgehead atoms. The van der Waals surface area contributed by atoms with Gasteiger partial charge in [0.1, 0.15) is 18.3 Å². The highest BCUT2D eigenvalue weighted by Crippen LogP contribution is 2.34. The van der Waals surface area contributed by atoms with Crippen LogP contribution in [0.1, 0.15) is 24.8 Å². The molecule has 1 aliphatic heterocycles. The summed E-state index contributed by atoms with van der Waals surface area (Å²) in [6.45, 7) is 3.06. The van der Waals surface area contributed by atoms with Crippen molar-refractivity contribution >= 4 is 17.5 Å². The molecule has 2 atom stereocenters. The van der Waals surface area contributed by atoms with Gasteiger partial charge in [0.25, 0.3) is 0 Å². The Morgan fingerprint density at radius 3 is 3.00 bits per heavy atom. The third kappa shape index (κ3) is 2.78. The van der Waals surface area contributed by atoms with Gasteiger partial charge in [0.2, 0.25) is 5.91 Å². The third-order valence-electron chi connectivity index (χ3n) is 3.24. The van der Waals surface area contributed by atoms with E-state index in [9.17, 15) is 4.79 Å². The van der Waals surface area contributed by atoms with Crippen molar-refractivity contribution in [2.45, 2.75) is 24.6 Å². The second kappa shape index (κ2) is 5.61. The predicted octanol–water partition coefficient (Wildman–Crippen LogP) is 2.64. The summed E-state index contributed by atoms with van der Waals surface area (Å²) >= 11 is 5.90. The van der Waals surface area contributed by atoms with Gasteiger partial charge in [0, 0.05) is 24.5 Å². The molecule has 0 saturated carbocycles. The number of fused-ring (bicyclic) bond motifs is 1. The number of para-hydroxylation sites is 1. The first-order valence-electron chi connectivity index (χ1n) is 6.20. The van der Waals surface area contributed by atoms with Gasteiger partial charge in [0.15, 0.2) is 0 Å². The molecule has 18 heavy (non-hydrogen) atoms. The van der Waals surface area contributed by atoms with Crippen LogP contribution >= 0.6 is 11.6 Å². The molecule has 0 aliphatic carbocycles. The van der Waals surface area contributed by atoms with Crippen molar-refractivity contribution in [3.8, 4) is 5.75 Å². The fourth-order valence-corrected chi connectivity index (χ4v) is 2.21. The number of ether oxygens (including phenoxy) is 1. The molecule has 1 aromatic carbocycles. The lowest BCUT2D eigenvalue weighted by Gasteiger charge is -2.21. The number of hydrogen-bond donors (Lipinski definition) is 0. The van der Waals surface area contributed by atoms with Crippen LogP contribution in [0.15, 0.2) is 24.3 Å². The molecule has 2 unspecified atom stereocenters. The van der Waals surface area contributed by atoms with E-state index in [1.54, 1.807) is 4.90 Å². The summed E-state index contributed by atoms with van der Waals surface area (Å²) in [5, 5.41) is 0.0902. The number of amides is 1. The van der Waals surface area contributed by atoms with Gasteiger partial charge in [-0.05, 0) is 19.4 Å². The molecular formula is C14H18ClNO2. The average molecular weight is 268 g/mol. The SMILES string of the molecule is CC(Cl)CCN(C)C(=O)C1COc2ccccc21. The first-order chi connectivity index (χ1) is 8.59. The van der Waals surface area contributed by atoms with Crippen molar-refractivity contribution in [3.63, 3.8) is 0 Å². The first kappa shape index (κ1) is 13.2. The smallest absolute Gasteiger partial charge is 0.233 e. The second-order valence-electron chi connectivity index (χ2n) is 4.73. The molecule has 0 fully saturated rings. The molecule has 1 amide bonds. The summed E-state index contributed by atoms with van der Waals surface area (Å²) in [5.74, 6) is 0.768. The monoisotopic (exact) mass is 267 g/mol. The van der Waals surface area contributed by atoms with E-state index in [2.05, 4.69) is 0 Å². The Morgan fingerprint density at radius 2 is 2.28 bits per heavy atom. The molecule has 1 aliphatic rings. The van der Waals surface area contributed by atoms with Crippen molar-refractivity contribution in [3.05, 3.63) is 29.8 Å². The van der Waals surface area contributed by atoms with Gasteiger partial charge in [-0.1, -0.05) is 18.2 Å². The molecule has 98 valence electrons. The van der Waals surface area contributed by atoms with Gasteiger partial charge in [0.05, 0.1) is 0 Å². The summed E-state index contributed by atoms with van der Waals surface area (Å²) < 4.78 is 5.53. The molecule has 0 N–H and O–H groups in total. The number of carbonyl (C=O) groups excluding carboxylic acids is 1. The zero-order valence-corrected chi connectivity index (χ0v) is 11.5. The summed E-state index contributed by atoms with van der Waals surface area (Å²) in [6.07, 6.45) is 0.805. The number of carbonyl (C=O) groups is 1. The number of alkyl halides is 1. The largest absolute Gasteiger partial charge is 0.492 e. The van der Waals surface area contributed by atoms with Gasteiger partial charge in [-0.15, -0.1) is 11.6 Å². The Labute approximate surface area is 113 Å². The normalized spacial score (nSPS) is 18.9. The highest BCUT2D eigenvalue weighted by Gasteiger charge is 2.31. The Morgan fingerprint density at radius 1 is 1.56 bits per heavy atom. The molecule has 0 radical (unpaired) electrons. The summed E-state index contributed by atoms with van der Waals surface area (Å²) in [5.41, 5.74) is 0.994. The fourth-order valence-electron chi connectivity index (χ4n) is 2.11. The van der Waals surface area contributed by atoms with E-state index >= 15 is 0 Å². The number of likely N-dealkylation sites (N-methyl/N-ethyl adjacent to an activating group) is 1. The Hall–Kier alpha value is -1.22. The van der Waals surface area contributed by atoms with E-state index in [1.165, 1.54) is 0 Å². The molecule has 1 heterocycles. The van der Waals surface area contributed by atoms with E-state index in [0.29, 0.717) is 13.2 Å². The lowest BCUT2D eigenvalue weighted by atomic mass is 10.00. The maximum absolute atomic E-state index is 12.3. The van der Waals surface area contributed by atoms with Crippen LogP contribution in [0.3, 0.4) is 0 Å². The second-order valence-corrected chi connectivity index (χ2v) is 5.48. The van der Waals surface area contributed by atoms with Crippen LogP contribution in [0.4, 0.5) is 0 Å². The summed E-state index contributed by atoms with van der Waals surface area (Å²) in [7, 11) is 1.82. The predicted molar refractivity (Wildman–Crippen MR) is 72.2 cm³/mol.